The van der Waals surface area contributed by atoms with Crippen LogP contribution in [0.4, 0.5) is 11.4 Å². The van der Waals surface area contributed by atoms with Gasteiger partial charge in [0.1, 0.15) is 18.4 Å². The maximum Gasteiger partial charge on any atom is 0.307 e. The first-order valence-electron chi connectivity index (χ1n) is 6.37. The SMILES string of the molecule is CCC(C(=O)Nc1c(Cl)cccc1Cl)n1cc([N+](=O)[O-])cn1. The number of rotatable bonds is 5. The van der Waals surface area contributed by atoms with E-state index in [4.69, 9.17) is 23.2 Å². The molecule has 2 aromatic rings. The minimum Gasteiger partial charge on any atom is -0.322 e. The molecule has 0 aliphatic heterocycles. The van der Waals surface area contributed by atoms with Gasteiger partial charge in [0.25, 0.3) is 0 Å². The molecular weight excluding hydrogens is 331 g/mol. The number of aromatic nitrogens is 2. The van der Waals surface area contributed by atoms with Gasteiger partial charge in [-0.1, -0.05) is 36.2 Å². The highest BCUT2D eigenvalue weighted by Gasteiger charge is 2.23. The molecule has 0 saturated carbocycles. The standard InChI is InChI=1S/C13H12Cl2N4O3/c1-2-11(18-7-8(6-16-18)19(21)22)13(20)17-12-9(14)4-3-5-10(12)15/h3-7,11H,2H2,1H3,(H,17,20). The van der Waals surface area contributed by atoms with Gasteiger partial charge in [-0.3, -0.25) is 19.6 Å². The number of nitro groups is 1. The second-order valence-corrected chi connectivity index (χ2v) is 5.26. The van der Waals surface area contributed by atoms with Gasteiger partial charge >= 0.3 is 5.69 Å². The molecule has 1 heterocycles. The summed E-state index contributed by atoms with van der Waals surface area (Å²) in [6, 6.07) is 4.15. The third-order valence-electron chi connectivity index (χ3n) is 3.02. The number of nitrogens with one attached hydrogen (secondary N) is 1. The first kappa shape index (κ1) is 16.3. The lowest BCUT2D eigenvalue weighted by molar-refractivity contribution is -0.385. The Labute approximate surface area is 136 Å². The van der Waals surface area contributed by atoms with E-state index in [-0.39, 0.29) is 5.69 Å². The van der Waals surface area contributed by atoms with Crippen LogP contribution in [0.15, 0.2) is 30.6 Å². The van der Waals surface area contributed by atoms with E-state index in [1.807, 2.05) is 0 Å². The monoisotopic (exact) mass is 342 g/mol. The molecule has 1 unspecified atom stereocenters. The Hall–Kier alpha value is -2.12. The van der Waals surface area contributed by atoms with Crippen LogP contribution in [0.1, 0.15) is 19.4 Å². The van der Waals surface area contributed by atoms with Crippen molar-refractivity contribution in [3.8, 4) is 0 Å². The number of para-hydroxylation sites is 1. The fourth-order valence-electron chi connectivity index (χ4n) is 1.91. The summed E-state index contributed by atoms with van der Waals surface area (Å²) in [5, 5.41) is 17.8. The Kier molecular flexibility index (Phi) is 4.99. The average Bonchev–Trinajstić information content (AvgIpc) is 2.94. The molecule has 1 amide bonds. The number of anilines is 1. The molecule has 0 aliphatic rings. The predicted molar refractivity (Wildman–Crippen MR) is 83.3 cm³/mol. The topological polar surface area (TPSA) is 90.1 Å². The zero-order valence-electron chi connectivity index (χ0n) is 11.5. The molecule has 22 heavy (non-hydrogen) atoms. The number of amides is 1. The lowest BCUT2D eigenvalue weighted by atomic mass is 10.2. The molecule has 116 valence electrons. The van der Waals surface area contributed by atoms with Crippen molar-refractivity contribution in [1.29, 1.82) is 0 Å². The fourth-order valence-corrected chi connectivity index (χ4v) is 2.40. The van der Waals surface area contributed by atoms with E-state index in [0.717, 1.165) is 6.20 Å². The van der Waals surface area contributed by atoms with E-state index >= 15 is 0 Å². The molecule has 0 bridgehead atoms. The number of benzene rings is 1. The summed E-state index contributed by atoms with van der Waals surface area (Å²) in [4.78, 5) is 22.5. The normalized spacial score (nSPS) is 12.0. The van der Waals surface area contributed by atoms with Gasteiger partial charge in [0.15, 0.2) is 0 Å². The van der Waals surface area contributed by atoms with Crippen molar-refractivity contribution >= 4 is 40.5 Å². The molecule has 0 aliphatic carbocycles. The van der Waals surface area contributed by atoms with Gasteiger partial charge in [0.05, 0.1) is 20.7 Å². The molecule has 0 saturated heterocycles. The Morgan fingerprint density at radius 2 is 2.09 bits per heavy atom. The summed E-state index contributed by atoms with van der Waals surface area (Å²) in [6.45, 7) is 1.77. The number of halogens is 2. The Morgan fingerprint density at radius 3 is 2.59 bits per heavy atom. The van der Waals surface area contributed by atoms with Crippen LogP contribution in [0.25, 0.3) is 0 Å². The minimum atomic E-state index is -0.707. The van der Waals surface area contributed by atoms with Crippen LogP contribution < -0.4 is 5.32 Å². The highest BCUT2D eigenvalue weighted by molar-refractivity contribution is 6.39. The summed E-state index contributed by atoms with van der Waals surface area (Å²) < 4.78 is 1.25. The van der Waals surface area contributed by atoms with E-state index < -0.39 is 16.9 Å². The molecule has 9 heteroatoms. The van der Waals surface area contributed by atoms with E-state index in [0.29, 0.717) is 22.2 Å². The van der Waals surface area contributed by atoms with Gasteiger partial charge in [-0.25, -0.2) is 0 Å². The van der Waals surface area contributed by atoms with Crippen molar-refractivity contribution in [3.63, 3.8) is 0 Å². The summed E-state index contributed by atoms with van der Waals surface area (Å²) in [5.41, 5.74) is 0.123. The summed E-state index contributed by atoms with van der Waals surface area (Å²) in [7, 11) is 0. The Bertz CT molecular complexity index is 697. The number of carbonyl (C=O) groups excluding carboxylic acids is 1. The van der Waals surface area contributed by atoms with Crippen molar-refractivity contribution < 1.29 is 9.72 Å². The van der Waals surface area contributed by atoms with E-state index in [1.54, 1.807) is 25.1 Å². The highest BCUT2D eigenvalue weighted by atomic mass is 35.5. The predicted octanol–water partition coefficient (Wildman–Crippen LogP) is 3.69. The van der Waals surface area contributed by atoms with Gasteiger partial charge in [0, 0.05) is 0 Å². The van der Waals surface area contributed by atoms with Crippen molar-refractivity contribution in [2.45, 2.75) is 19.4 Å². The van der Waals surface area contributed by atoms with E-state index in [1.165, 1.54) is 10.9 Å². The number of hydrogen-bond acceptors (Lipinski definition) is 4. The Morgan fingerprint density at radius 1 is 1.45 bits per heavy atom. The second kappa shape index (κ2) is 6.76. The molecule has 7 nitrogen and oxygen atoms in total. The quantitative estimate of drug-likeness (QED) is 0.662. The van der Waals surface area contributed by atoms with Gasteiger partial charge < -0.3 is 5.32 Å². The second-order valence-electron chi connectivity index (χ2n) is 4.45. The van der Waals surface area contributed by atoms with Crippen LogP contribution in [0.5, 0.6) is 0 Å². The maximum atomic E-state index is 12.4. The van der Waals surface area contributed by atoms with Gasteiger partial charge in [-0.05, 0) is 18.6 Å². The lowest BCUT2D eigenvalue weighted by Crippen LogP contribution is -2.26. The van der Waals surface area contributed by atoms with Gasteiger partial charge in [0.2, 0.25) is 5.91 Å². The van der Waals surface area contributed by atoms with Crippen LogP contribution in [0, 0.1) is 10.1 Å². The van der Waals surface area contributed by atoms with Crippen LogP contribution in [-0.2, 0) is 4.79 Å². The molecule has 0 fully saturated rings. The molecule has 1 aromatic heterocycles. The number of hydrogen-bond donors (Lipinski definition) is 1. The first-order chi connectivity index (χ1) is 10.4. The molecular formula is C13H12Cl2N4O3. The number of nitrogens with zero attached hydrogens (tertiary/aromatic N) is 3. The number of carbonyl (C=O) groups is 1. The molecule has 1 atom stereocenters. The van der Waals surface area contributed by atoms with Crippen molar-refractivity contribution in [2.75, 3.05) is 5.32 Å². The van der Waals surface area contributed by atoms with Gasteiger partial charge in [-0.15, -0.1) is 0 Å². The molecule has 0 radical (unpaired) electrons. The third-order valence-corrected chi connectivity index (χ3v) is 3.65. The van der Waals surface area contributed by atoms with Crippen LogP contribution in [0.3, 0.4) is 0 Å². The first-order valence-corrected chi connectivity index (χ1v) is 7.13. The largest absolute Gasteiger partial charge is 0.322 e. The van der Waals surface area contributed by atoms with E-state index in [9.17, 15) is 14.9 Å². The van der Waals surface area contributed by atoms with Crippen LogP contribution in [-0.4, -0.2) is 20.6 Å². The summed E-state index contributed by atoms with van der Waals surface area (Å²) in [6.07, 6.45) is 2.70. The maximum absolute atomic E-state index is 12.4. The fraction of sp³-hybridized carbons (Fsp3) is 0.231. The molecule has 1 N–H and O–H groups in total. The third kappa shape index (κ3) is 3.37. The zero-order valence-corrected chi connectivity index (χ0v) is 13.0. The molecule has 0 spiro atoms. The Balaban J connectivity index is 2.23. The van der Waals surface area contributed by atoms with Crippen molar-refractivity contribution in [3.05, 3.63) is 50.8 Å². The highest BCUT2D eigenvalue weighted by Crippen LogP contribution is 2.30. The summed E-state index contributed by atoms with van der Waals surface area (Å²) in [5.74, 6) is -0.407. The van der Waals surface area contributed by atoms with Crippen molar-refractivity contribution in [2.24, 2.45) is 0 Å². The van der Waals surface area contributed by atoms with E-state index in [2.05, 4.69) is 10.4 Å². The van der Waals surface area contributed by atoms with Gasteiger partial charge in [-0.2, -0.15) is 5.10 Å². The minimum absolute atomic E-state index is 0.179. The molecule has 1 aromatic carbocycles. The average molecular weight is 343 g/mol. The summed E-state index contributed by atoms with van der Waals surface area (Å²) >= 11 is 12.0. The van der Waals surface area contributed by atoms with Crippen LogP contribution in [0.2, 0.25) is 10.0 Å². The lowest BCUT2D eigenvalue weighted by Gasteiger charge is -2.16. The smallest absolute Gasteiger partial charge is 0.307 e. The molecule has 2 rings (SSSR count). The van der Waals surface area contributed by atoms with Crippen molar-refractivity contribution in [1.82, 2.24) is 9.78 Å². The van der Waals surface area contributed by atoms with Crippen LogP contribution >= 0.6 is 23.2 Å². The zero-order chi connectivity index (χ0) is 16.3.